The van der Waals surface area contributed by atoms with Crippen LogP contribution in [0.4, 0.5) is 0 Å². The topological polar surface area (TPSA) is 72.2 Å². The summed E-state index contributed by atoms with van der Waals surface area (Å²) in [5, 5.41) is 13.2. The van der Waals surface area contributed by atoms with Gasteiger partial charge < -0.3 is 5.11 Å². The monoisotopic (exact) mass is 294 g/mol. The maximum absolute atomic E-state index is 12.0. The summed E-state index contributed by atoms with van der Waals surface area (Å²) in [5.41, 5.74) is 1.40. The van der Waals surface area contributed by atoms with Gasteiger partial charge in [0.15, 0.2) is 9.84 Å². The largest absolute Gasteiger partial charge is 0.396 e. The van der Waals surface area contributed by atoms with Crippen molar-refractivity contribution in [1.82, 2.24) is 9.78 Å². The molecule has 0 fully saturated rings. The summed E-state index contributed by atoms with van der Waals surface area (Å²) >= 11 is 0. The van der Waals surface area contributed by atoms with E-state index < -0.39 is 9.84 Å². The van der Waals surface area contributed by atoms with Gasteiger partial charge in [0, 0.05) is 12.8 Å². The van der Waals surface area contributed by atoms with Crippen molar-refractivity contribution < 1.29 is 13.5 Å². The van der Waals surface area contributed by atoms with E-state index in [4.69, 9.17) is 5.11 Å². The second-order valence-corrected chi connectivity index (χ2v) is 7.04. The zero-order chi connectivity index (χ0) is 14.6. The van der Waals surface area contributed by atoms with Gasteiger partial charge in [-0.15, -0.1) is 0 Å². The molecule has 0 saturated heterocycles. The highest BCUT2D eigenvalue weighted by molar-refractivity contribution is 7.90. The molecule has 0 amide bonds. The summed E-state index contributed by atoms with van der Waals surface area (Å²) in [7, 11) is -3.25. The molecule has 1 N–H and O–H groups in total. The van der Waals surface area contributed by atoms with E-state index in [0.717, 1.165) is 5.69 Å². The molecule has 0 radical (unpaired) electrons. The predicted molar refractivity (Wildman–Crippen MR) is 77.3 cm³/mol. The predicted octanol–water partition coefficient (Wildman–Crippen LogP) is 1.42. The summed E-state index contributed by atoms with van der Waals surface area (Å²) in [6, 6.07) is 11.2. The van der Waals surface area contributed by atoms with E-state index in [2.05, 4.69) is 5.10 Å². The lowest BCUT2D eigenvalue weighted by atomic mass is 10.2. The highest BCUT2D eigenvalue weighted by Crippen LogP contribution is 2.11. The number of aromatic nitrogens is 2. The van der Waals surface area contributed by atoms with E-state index in [1.165, 1.54) is 0 Å². The van der Waals surface area contributed by atoms with Gasteiger partial charge in [-0.05, 0) is 24.1 Å². The minimum absolute atomic E-state index is 0.0261. The summed E-state index contributed by atoms with van der Waals surface area (Å²) in [6.07, 6.45) is 1.75. The third-order valence-corrected chi connectivity index (χ3v) is 4.70. The molecular formula is C14H18N2O3S. The average molecular weight is 294 g/mol. The van der Waals surface area contributed by atoms with Gasteiger partial charge in [0.05, 0.1) is 22.9 Å². The van der Waals surface area contributed by atoms with Gasteiger partial charge in [0.25, 0.3) is 0 Å². The molecule has 108 valence electrons. The number of para-hydroxylation sites is 1. The van der Waals surface area contributed by atoms with Crippen molar-refractivity contribution in [2.75, 3.05) is 12.4 Å². The second kappa shape index (κ2) is 6.19. The van der Waals surface area contributed by atoms with Gasteiger partial charge in [-0.25, -0.2) is 13.1 Å². The van der Waals surface area contributed by atoms with Crippen LogP contribution in [-0.4, -0.2) is 35.7 Å². The van der Waals surface area contributed by atoms with Crippen LogP contribution in [0.3, 0.4) is 0 Å². The first-order valence-corrected chi connectivity index (χ1v) is 8.23. The normalized spacial score (nSPS) is 13.3. The zero-order valence-corrected chi connectivity index (χ0v) is 12.1. The summed E-state index contributed by atoms with van der Waals surface area (Å²) in [6.45, 7) is 1.58. The van der Waals surface area contributed by atoms with Crippen molar-refractivity contribution in [2.45, 2.75) is 12.7 Å². The summed E-state index contributed by atoms with van der Waals surface area (Å²) < 4.78 is 25.6. The molecule has 0 bridgehead atoms. The lowest BCUT2D eigenvalue weighted by Gasteiger charge is -2.07. The van der Waals surface area contributed by atoms with E-state index in [1.807, 2.05) is 30.3 Å². The van der Waals surface area contributed by atoms with Gasteiger partial charge in [-0.1, -0.05) is 25.1 Å². The molecule has 20 heavy (non-hydrogen) atoms. The van der Waals surface area contributed by atoms with E-state index in [0.29, 0.717) is 5.69 Å². The van der Waals surface area contributed by atoms with Crippen molar-refractivity contribution in [3.63, 3.8) is 0 Å². The molecule has 0 aliphatic carbocycles. The standard InChI is InChI=1S/C14H18N2O3S/c1-12(9-17)10-20(18,19)11-13-7-8-16(15-13)14-5-3-2-4-6-14/h2-8,12,17H,9-11H2,1H3. The summed E-state index contributed by atoms with van der Waals surface area (Å²) in [4.78, 5) is 0. The van der Waals surface area contributed by atoms with Crippen LogP contribution in [0.5, 0.6) is 0 Å². The van der Waals surface area contributed by atoms with Crippen LogP contribution in [0.15, 0.2) is 42.6 Å². The Balaban J connectivity index is 2.10. The smallest absolute Gasteiger partial charge is 0.156 e. The molecule has 5 nitrogen and oxygen atoms in total. The van der Waals surface area contributed by atoms with Crippen LogP contribution in [0.2, 0.25) is 0 Å². The maximum atomic E-state index is 12.0. The number of rotatable bonds is 6. The molecule has 0 spiro atoms. The van der Waals surface area contributed by atoms with Gasteiger partial charge in [0.2, 0.25) is 0 Å². The first-order valence-electron chi connectivity index (χ1n) is 6.41. The SMILES string of the molecule is CC(CO)CS(=O)(=O)Cc1ccn(-c2ccccc2)n1. The maximum Gasteiger partial charge on any atom is 0.156 e. The molecule has 2 aromatic rings. The third kappa shape index (κ3) is 3.91. The van der Waals surface area contributed by atoms with Gasteiger partial charge in [-0.3, -0.25) is 0 Å². The molecule has 0 aliphatic rings. The third-order valence-electron chi connectivity index (χ3n) is 2.88. The minimum Gasteiger partial charge on any atom is -0.396 e. The number of hydrogen-bond donors (Lipinski definition) is 1. The molecule has 2 rings (SSSR count). The van der Waals surface area contributed by atoms with Gasteiger partial charge in [0.1, 0.15) is 0 Å². The van der Waals surface area contributed by atoms with Crippen molar-refractivity contribution in [3.8, 4) is 5.69 Å². The average Bonchev–Trinajstić information content (AvgIpc) is 2.86. The van der Waals surface area contributed by atoms with Crippen LogP contribution in [0.25, 0.3) is 5.69 Å². The molecule has 0 saturated carbocycles. The number of benzene rings is 1. The zero-order valence-electron chi connectivity index (χ0n) is 11.3. The first kappa shape index (κ1) is 14.7. The quantitative estimate of drug-likeness (QED) is 0.874. The van der Waals surface area contributed by atoms with Crippen LogP contribution in [0.1, 0.15) is 12.6 Å². The van der Waals surface area contributed by atoms with Crippen molar-refractivity contribution in [1.29, 1.82) is 0 Å². The number of aliphatic hydroxyl groups excluding tert-OH is 1. The fourth-order valence-corrected chi connectivity index (χ4v) is 3.63. The number of nitrogens with zero attached hydrogens (tertiary/aromatic N) is 2. The fraction of sp³-hybridized carbons (Fsp3) is 0.357. The Bertz CT molecular complexity index is 650. The molecule has 6 heteroatoms. The molecule has 1 aromatic carbocycles. The van der Waals surface area contributed by atoms with E-state index in [1.54, 1.807) is 23.9 Å². The van der Waals surface area contributed by atoms with Crippen molar-refractivity contribution >= 4 is 9.84 Å². The van der Waals surface area contributed by atoms with Crippen LogP contribution < -0.4 is 0 Å². The highest BCUT2D eigenvalue weighted by atomic mass is 32.2. The lowest BCUT2D eigenvalue weighted by Crippen LogP contribution is -2.18. The second-order valence-electron chi connectivity index (χ2n) is 4.93. The molecule has 1 atom stereocenters. The van der Waals surface area contributed by atoms with E-state index in [-0.39, 0.29) is 24.0 Å². The number of hydrogen-bond acceptors (Lipinski definition) is 4. The molecule has 1 unspecified atom stereocenters. The van der Waals surface area contributed by atoms with Crippen LogP contribution in [-0.2, 0) is 15.6 Å². The van der Waals surface area contributed by atoms with Crippen LogP contribution in [0, 0.1) is 5.92 Å². The minimum atomic E-state index is -3.25. The first-order chi connectivity index (χ1) is 9.50. The Morgan fingerprint density at radius 2 is 1.95 bits per heavy atom. The number of aliphatic hydroxyl groups is 1. The van der Waals surface area contributed by atoms with E-state index in [9.17, 15) is 8.42 Å². The van der Waals surface area contributed by atoms with Gasteiger partial charge in [-0.2, -0.15) is 5.10 Å². The molecule has 0 aliphatic heterocycles. The Morgan fingerprint density at radius 3 is 2.60 bits per heavy atom. The van der Waals surface area contributed by atoms with Crippen molar-refractivity contribution in [3.05, 3.63) is 48.3 Å². The Morgan fingerprint density at radius 1 is 1.25 bits per heavy atom. The highest BCUT2D eigenvalue weighted by Gasteiger charge is 2.17. The molecule has 1 aromatic heterocycles. The van der Waals surface area contributed by atoms with E-state index >= 15 is 0 Å². The summed E-state index contributed by atoms with van der Waals surface area (Å²) in [5.74, 6) is -0.380. The van der Waals surface area contributed by atoms with Crippen LogP contribution >= 0.6 is 0 Å². The van der Waals surface area contributed by atoms with Crippen molar-refractivity contribution in [2.24, 2.45) is 5.92 Å². The fourth-order valence-electron chi connectivity index (χ4n) is 1.93. The lowest BCUT2D eigenvalue weighted by molar-refractivity contribution is 0.249. The van der Waals surface area contributed by atoms with Gasteiger partial charge >= 0.3 is 0 Å². The Labute approximate surface area is 118 Å². The molecule has 1 heterocycles. The Hall–Kier alpha value is -1.66. The molecular weight excluding hydrogens is 276 g/mol. The number of sulfone groups is 1. The Kier molecular flexibility index (Phi) is 4.57.